The number of rotatable bonds is 51. The number of phenolic OH excluding ortho intramolecular Hbond substituents is 2. The van der Waals surface area contributed by atoms with Crippen LogP contribution in [0.5, 0.6) is 57.5 Å². The number of nitrogens with one attached hydrogen (secondary N) is 2. The quantitative estimate of drug-likeness (QED) is 0.0130. The molecular weight excluding hydrogens is 1860 g/mol. The molecule has 0 bridgehead atoms. The minimum atomic E-state index is -0.908. The van der Waals surface area contributed by atoms with E-state index in [1.165, 1.54) is 22.3 Å². The van der Waals surface area contributed by atoms with E-state index >= 15 is 0 Å². The monoisotopic (exact) mass is 2000 g/mol. The molecule has 147 heavy (non-hydrogen) atoms. The van der Waals surface area contributed by atoms with Crippen molar-refractivity contribution in [3.05, 3.63) is 370 Å². The Bertz CT molecular complexity index is 6060. The Balaban J connectivity index is 0.000000186. The third kappa shape index (κ3) is 38.3. The van der Waals surface area contributed by atoms with Gasteiger partial charge in [-0.25, -0.2) is 4.79 Å². The van der Waals surface area contributed by atoms with Crippen LogP contribution in [0.1, 0.15) is 73.1 Å². The van der Waals surface area contributed by atoms with E-state index in [0.717, 1.165) is 158 Å². The standard InChI is InChI=1S/C31H37N3O4.C30H35N3O4.2C29H36N2O5/c1-34(2)20-27(38-31(35)28(32)19-25-18-24-9-4-6-10-29(24)33-25)21-37-30-11-7-5-8-23(30)15-12-22-13-16-26(36-3)17-14-22;1-33(2)19-25(37-30(34)29(31)27-18-23-9-4-6-10-26(23)32-27)20-36-28-11-7-5-8-22(28)15-12-21-13-16-24(35-3)17-14-21;2*1-31(2)19-26(36-29(33)27(30)18-22-9-14-24(32)15-10-22)20-35-28-7-5-4-6-23(28)13-8-21-11-16-25(34-3)17-12-21/h4-11,13-14,16-18,27-28,33H,12,15,19-21,32H2,1-3H3;4-11,13-14,16-18,25,29,32H,12,15,19-20,31H2,1-3H3;2*4-7,9-12,14-17,26-27,32H,8,13,18-20,30H2,1-3H3/t27-,28-;25?,29-;26-,27+;26-,27-/m1101/s1. The van der Waals surface area contributed by atoms with Crippen molar-refractivity contribution in [3.63, 3.8) is 0 Å². The highest BCUT2D eigenvalue weighted by atomic mass is 16.6. The number of phenols is 2. The van der Waals surface area contributed by atoms with Gasteiger partial charge in [-0.05, 0) is 308 Å². The highest BCUT2D eigenvalue weighted by molar-refractivity contribution is 5.85. The summed E-state index contributed by atoms with van der Waals surface area (Å²) in [5.74, 6) is 4.96. The van der Waals surface area contributed by atoms with Gasteiger partial charge in [0.1, 0.15) is 133 Å². The molecule has 0 amide bonds. The predicted octanol–water partition coefficient (Wildman–Crippen LogP) is 16.1. The second-order valence-corrected chi connectivity index (χ2v) is 37.3. The zero-order valence-corrected chi connectivity index (χ0v) is 86.4. The van der Waals surface area contributed by atoms with Gasteiger partial charge in [0.15, 0.2) is 0 Å². The number of aryl methyl sites for hydroxylation is 8. The van der Waals surface area contributed by atoms with Crippen LogP contribution in [0, 0.1) is 0 Å². The zero-order valence-electron chi connectivity index (χ0n) is 86.4. The molecule has 778 valence electrons. The third-order valence-electron chi connectivity index (χ3n) is 24.2. The Hall–Kier alpha value is -14.7. The van der Waals surface area contributed by atoms with Crippen LogP contribution in [-0.4, -0.2) is 244 Å². The van der Waals surface area contributed by atoms with Crippen LogP contribution in [0.15, 0.2) is 303 Å². The number of fused-ring (bicyclic) bond motifs is 2. The molecule has 28 heteroatoms. The number of nitrogens with zero attached hydrogens (tertiary/aromatic N) is 4. The van der Waals surface area contributed by atoms with Crippen LogP contribution in [0.4, 0.5) is 0 Å². The predicted molar refractivity (Wildman–Crippen MR) is 578 cm³/mol. The van der Waals surface area contributed by atoms with E-state index in [0.29, 0.717) is 51.1 Å². The number of aromatic hydroxyl groups is 2. The molecule has 0 spiro atoms. The van der Waals surface area contributed by atoms with E-state index in [1.807, 2.05) is 258 Å². The average molecular weight is 2000 g/mol. The molecule has 12 N–H and O–H groups in total. The molecule has 0 saturated carbocycles. The first-order valence-electron chi connectivity index (χ1n) is 49.5. The molecule has 12 aromatic carbocycles. The highest BCUT2D eigenvalue weighted by Crippen LogP contribution is 2.30. The van der Waals surface area contributed by atoms with Gasteiger partial charge in [0.05, 0.1) is 28.4 Å². The summed E-state index contributed by atoms with van der Waals surface area (Å²) in [5, 5.41) is 21.0. The smallest absolute Gasteiger partial charge is 0.329 e. The molecule has 2 heterocycles. The molecule has 2 aromatic heterocycles. The van der Waals surface area contributed by atoms with Gasteiger partial charge in [-0.3, -0.25) is 14.4 Å². The van der Waals surface area contributed by atoms with E-state index in [9.17, 15) is 29.4 Å². The summed E-state index contributed by atoms with van der Waals surface area (Å²) >= 11 is 0. The molecule has 14 rings (SSSR count). The maximum atomic E-state index is 12.9. The van der Waals surface area contributed by atoms with E-state index in [-0.39, 0.29) is 37.9 Å². The number of methoxy groups -OCH3 is 4. The fourth-order valence-corrected chi connectivity index (χ4v) is 16.4. The second kappa shape index (κ2) is 59.0. The fraction of sp³-hybridized carbons (Fsp3) is 0.328. The molecule has 0 radical (unpaired) electrons. The number of hydrogen-bond acceptors (Lipinski definition) is 26. The van der Waals surface area contributed by atoms with E-state index < -0.39 is 72.5 Å². The van der Waals surface area contributed by atoms with Crippen molar-refractivity contribution < 1.29 is 86.2 Å². The minimum Gasteiger partial charge on any atom is -0.508 e. The first-order chi connectivity index (χ1) is 71.0. The molecule has 0 aliphatic rings. The largest absolute Gasteiger partial charge is 0.508 e. The molecular formula is C119H144N10O18. The van der Waals surface area contributed by atoms with Crippen molar-refractivity contribution in [2.24, 2.45) is 22.9 Å². The fourth-order valence-electron chi connectivity index (χ4n) is 16.4. The summed E-state index contributed by atoms with van der Waals surface area (Å²) in [6.45, 7) is 2.95. The van der Waals surface area contributed by atoms with Crippen LogP contribution in [0.2, 0.25) is 0 Å². The number of benzene rings is 12. The van der Waals surface area contributed by atoms with E-state index in [1.54, 1.807) is 77.0 Å². The number of nitrogens with two attached hydrogens (primary N) is 4. The maximum Gasteiger partial charge on any atom is 0.329 e. The molecule has 0 aliphatic carbocycles. The first-order valence-corrected chi connectivity index (χ1v) is 49.5. The number of para-hydroxylation sites is 6. The number of esters is 4. The van der Waals surface area contributed by atoms with Gasteiger partial charge in [0.25, 0.3) is 0 Å². The normalized spacial score (nSPS) is 12.8. The summed E-state index contributed by atoms with van der Waals surface area (Å²) in [6.07, 6.45) is 5.90. The van der Waals surface area contributed by atoms with E-state index in [2.05, 4.69) is 82.8 Å². The van der Waals surface area contributed by atoms with Crippen molar-refractivity contribution in [1.29, 1.82) is 0 Å². The van der Waals surface area contributed by atoms with Crippen LogP contribution in [0.25, 0.3) is 21.8 Å². The van der Waals surface area contributed by atoms with Crippen molar-refractivity contribution >= 4 is 45.7 Å². The summed E-state index contributed by atoms with van der Waals surface area (Å²) in [6, 6.07) is 93.8. The number of aromatic amines is 2. The van der Waals surface area contributed by atoms with Crippen LogP contribution >= 0.6 is 0 Å². The number of hydrogen-bond donors (Lipinski definition) is 8. The number of ether oxygens (including phenoxy) is 12. The van der Waals surface area contributed by atoms with Gasteiger partial charge in [-0.2, -0.15) is 0 Å². The average Bonchev–Trinajstić information content (AvgIpc) is 1.68. The maximum absolute atomic E-state index is 12.9. The molecule has 1 unspecified atom stereocenters. The zero-order chi connectivity index (χ0) is 105. The summed E-state index contributed by atoms with van der Waals surface area (Å²) < 4.78 is 68.8. The number of aromatic nitrogens is 2. The second-order valence-electron chi connectivity index (χ2n) is 37.3. The molecule has 0 fully saturated rings. The Kier molecular flexibility index (Phi) is 45.2. The molecule has 8 atom stereocenters. The summed E-state index contributed by atoms with van der Waals surface area (Å²) in [4.78, 5) is 65.6. The molecule has 14 aromatic rings. The van der Waals surface area contributed by atoms with Gasteiger partial charge >= 0.3 is 23.9 Å². The lowest BCUT2D eigenvalue weighted by atomic mass is 10.0. The number of carbonyl (C=O) groups is 4. The highest BCUT2D eigenvalue weighted by Gasteiger charge is 2.29. The molecule has 0 saturated heterocycles. The molecule has 28 nitrogen and oxygen atoms in total. The van der Waals surface area contributed by atoms with Crippen LogP contribution < -0.4 is 60.8 Å². The lowest BCUT2D eigenvalue weighted by molar-refractivity contribution is -0.154. The van der Waals surface area contributed by atoms with Crippen molar-refractivity contribution in [2.45, 2.75) is 119 Å². The minimum absolute atomic E-state index is 0.169. The summed E-state index contributed by atoms with van der Waals surface area (Å²) in [5.41, 5.74) is 39.2. The number of H-pyrrole nitrogens is 2. The van der Waals surface area contributed by atoms with Gasteiger partial charge in [-0.1, -0.05) is 182 Å². The number of carbonyl (C=O) groups excluding carboxylic acids is 4. The van der Waals surface area contributed by atoms with Crippen molar-refractivity contribution in [3.8, 4) is 57.5 Å². The lowest BCUT2D eigenvalue weighted by Crippen LogP contribution is -2.41. The molecule has 0 aliphatic heterocycles. The Morgan fingerprint density at radius 3 is 0.816 bits per heavy atom. The van der Waals surface area contributed by atoms with Crippen LogP contribution in [0.3, 0.4) is 0 Å². The van der Waals surface area contributed by atoms with Crippen LogP contribution in [-0.2, 0) is 109 Å². The SMILES string of the molecule is COc1ccc(CCc2ccccc2OCC(CN(C)C)OC(=O)[C@H](N)c2cc3ccccc3[nH]2)cc1.COc1ccc(CCc2ccccc2OC[C@@H](CN(C)C)OC(=O)[C@H](N)Cc2cc3ccccc3[nH]2)cc1.COc1ccc(CCc2ccccc2OC[C@@H](CN(C)C)OC(=O)[C@H](N)Cc2ccc(O)cc2)cc1.COc1ccc(CCc2ccccc2OC[C@H](CN(C)C)OC(=O)[C@H](N)Cc2ccc(O)cc2)cc1. The van der Waals surface area contributed by atoms with Gasteiger partial charge in [-0.15, -0.1) is 0 Å². The van der Waals surface area contributed by atoms with Crippen molar-refractivity contribution in [2.75, 3.05) is 137 Å². The Morgan fingerprint density at radius 2 is 0.537 bits per heavy atom. The van der Waals surface area contributed by atoms with Crippen molar-refractivity contribution in [1.82, 2.24) is 29.6 Å². The lowest BCUT2D eigenvalue weighted by Gasteiger charge is -2.24. The number of likely N-dealkylation sites (N-methyl/N-ethyl adjacent to an activating group) is 4. The first kappa shape index (κ1) is 113. The van der Waals surface area contributed by atoms with Gasteiger partial charge in [0, 0.05) is 55.0 Å². The van der Waals surface area contributed by atoms with Gasteiger partial charge < -0.3 is 120 Å². The summed E-state index contributed by atoms with van der Waals surface area (Å²) in [7, 11) is 22.1. The van der Waals surface area contributed by atoms with Gasteiger partial charge in [0.2, 0.25) is 0 Å². The Labute approximate surface area is 864 Å². The topological polar surface area (TPSA) is 368 Å². The van der Waals surface area contributed by atoms with E-state index in [4.69, 9.17) is 79.8 Å². The Morgan fingerprint density at radius 1 is 0.286 bits per heavy atom. The third-order valence-corrected chi connectivity index (χ3v) is 24.2.